The van der Waals surface area contributed by atoms with Crippen LogP contribution in [0.5, 0.6) is 0 Å². The van der Waals surface area contributed by atoms with Gasteiger partial charge < -0.3 is 5.11 Å². The monoisotopic (exact) mass is 208 g/mol. The lowest BCUT2D eigenvalue weighted by atomic mass is 10.1. The van der Waals surface area contributed by atoms with Crippen LogP contribution < -0.4 is 0 Å². The lowest BCUT2D eigenvalue weighted by molar-refractivity contribution is -0.137. The van der Waals surface area contributed by atoms with E-state index in [9.17, 15) is 17.6 Å². The average Bonchev–Trinajstić information content (AvgIpc) is 2.15. The standard InChI is InChI=1S/C9H8F4O/c10-8(5-14)6-2-1-3-7(4-6)9(11,12)13/h1-4,8,14H,5H2. The molecule has 1 N–H and O–H groups in total. The van der Waals surface area contributed by atoms with E-state index in [1.807, 2.05) is 0 Å². The molecule has 0 aliphatic carbocycles. The molecule has 5 heteroatoms. The number of rotatable bonds is 2. The van der Waals surface area contributed by atoms with E-state index in [0.29, 0.717) is 6.07 Å². The predicted octanol–water partition coefficient (Wildman–Crippen LogP) is 2.71. The van der Waals surface area contributed by atoms with Crippen LogP contribution in [-0.4, -0.2) is 11.7 Å². The zero-order valence-electron chi connectivity index (χ0n) is 7.05. The summed E-state index contributed by atoms with van der Waals surface area (Å²) in [6, 6.07) is 3.87. The minimum atomic E-state index is -4.48. The molecule has 14 heavy (non-hydrogen) atoms. The molecule has 0 amide bonds. The molecule has 1 unspecified atom stereocenters. The normalized spacial score (nSPS) is 14.1. The molecule has 0 radical (unpaired) electrons. The molecule has 0 aliphatic rings. The number of aliphatic hydroxyl groups is 1. The molecule has 1 aromatic rings. The van der Waals surface area contributed by atoms with Crippen LogP contribution in [0.2, 0.25) is 0 Å². The first-order valence-electron chi connectivity index (χ1n) is 3.87. The van der Waals surface area contributed by atoms with Gasteiger partial charge in [-0.1, -0.05) is 12.1 Å². The van der Waals surface area contributed by atoms with Crippen LogP contribution in [-0.2, 0) is 6.18 Å². The highest BCUT2D eigenvalue weighted by Gasteiger charge is 2.30. The number of aliphatic hydroxyl groups excluding tert-OH is 1. The van der Waals surface area contributed by atoms with Crippen molar-refractivity contribution in [2.45, 2.75) is 12.3 Å². The third-order valence-corrected chi connectivity index (χ3v) is 1.74. The Morgan fingerprint density at radius 2 is 1.93 bits per heavy atom. The maximum absolute atomic E-state index is 12.8. The maximum atomic E-state index is 12.8. The number of halogens is 4. The van der Waals surface area contributed by atoms with E-state index in [-0.39, 0.29) is 5.56 Å². The van der Waals surface area contributed by atoms with Crippen molar-refractivity contribution in [1.82, 2.24) is 0 Å². The summed E-state index contributed by atoms with van der Waals surface area (Å²) in [6.45, 7) is -0.818. The maximum Gasteiger partial charge on any atom is 0.416 e. The van der Waals surface area contributed by atoms with Crippen molar-refractivity contribution in [3.8, 4) is 0 Å². The molecule has 0 aromatic heterocycles. The van der Waals surface area contributed by atoms with E-state index >= 15 is 0 Å². The Hall–Kier alpha value is -1.10. The third-order valence-electron chi connectivity index (χ3n) is 1.74. The number of alkyl halides is 4. The van der Waals surface area contributed by atoms with Gasteiger partial charge in [0.15, 0.2) is 0 Å². The first-order valence-corrected chi connectivity index (χ1v) is 3.87. The molecule has 0 saturated heterocycles. The second-order valence-corrected chi connectivity index (χ2v) is 2.77. The van der Waals surface area contributed by atoms with Gasteiger partial charge in [0.1, 0.15) is 6.17 Å². The van der Waals surface area contributed by atoms with Crippen LogP contribution in [0.3, 0.4) is 0 Å². The van der Waals surface area contributed by atoms with Crippen molar-refractivity contribution in [3.05, 3.63) is 35.4 Å². The molecular formula is C9H8F4O. The summed E-state index contributed by atoms with van der Waals surface area (Å²) >= 11 is 0. The van der Waals surface area contributed by atoms with Gasteiger partial charge in [0.2, 0.25) is 0 Å². The van der Waals surface area contributed by atoms with Gasteiger partial charge in [-0.25, -0.2) is 4.39 Å². The second-order valence-electron chi connectivity index (χ2n) is 2.77. The summed E-state index contributed by atoms with van der Waals surface area (Å²) in [7, 11) is 0. The van der Waals surface area contributed by atoms with Crippen molar-refractivity contribution < 1.29 is 22.7 Å². The average molecular weight is 208 g/mol. The van der Waals surface area contributed by atoms with E-state index in [2.05, 4.69) is 0 Å². The van der Waals surface area contributed by atoms with Gasteiger partial charge in [0.05, 0.1) is 12.2 Å². The predicted molar refractivity (Wildman–Crippen MR) is 42.4 cm³/mol. The fourth-order valence-corrected chi connectivity index (χ4v) is 1.02. The van der Waals surface area contributed by atoms with Crippen LogP contribution in [0.4, 0.5) is 17.6 Å². The highest BCUT2D eigenvalue weighted by Crippen LogP contribution is 2.31. The molecule has 1 nitrogen and oxygen atoms in total. The first kappa shape index (κ1) is 11.0. The van der Waals surface area contributed by atoms with Crippen molar-refractivity contribution >= 4 is 0 Å². The molecule has 1 aromatic carbocycles. The molecule has 0 aliphatic heterocycles. The molecular weight excluding hydrogens is 200 g/mol. The largest absolute Gasteiger partial charge is 0.416 e. The van der Waals surface area contributed by atoms with Crippen LogP contribution in [0, 0.1) is 0 Å². The Morgan fingerprint density at radius 1 is 1.29 bits per heavy atom. The molecule has 0 fully saturated rings. The zero-order valence-corrected chi connectivity index (χ0v) is 7.05. The van der Waals surface area contributed by atoms with Crippen molar-refractivity contribution in [1.29, 1.82) is 0 Å². The summed E-state index contributed by atoms with van der Waals surface area (Å²) in [6.07, 6.45) is -6.25. The molecule has 0 heterocycles. The Balaban J connectivity index is 3.01. The number of hydrogen-bond donors (Lipinski definition) is 1. The molecule has 0 bridgehead atoms. The van der Waals surface area contributed by atoms with Crippen LogP contribution >= 0.6 is 0 Å². The van der Waals surface area contributed by atoms with Gasteiger partial charge >= 0.3 is 6.18 Å². The quantitative estimate of drug-likeness (QED) is 0.741. The smallest absolute Gasteiger partial charge is 0.393 e. The van der Waals surface area contributed by atoms with E-state index in [0.717, 1.165) is 12.1 Å². The minimum Gasteiger partial charge on any atom is -0.393 e. The van der Waals surface area contributed by atoms with Gasteiger partial charge in [0, 0.05) is 0 Å². The summed E-state index contributed by atoms with van der Waals surface area (Å²) in [5, 5.41) is 8.43. The lowest BCUT2D eigenvalue weighted by Crippen LogP contribution is -2.06. The second kappa shape index (κ2) is 3.96. The molecule has 0 spiro atoms. The zero-order chi connectivity index (χ0) is 10.8. The summed E-state index contributed by atoms with van der Waals surface area (Å²) in [5.74, 6) is 0. The van der Waals surface area contributed by atoms with Gasteiger partial charge in [-0.2, -0.15) is 13.2 Å². The first-order chi connectivity index (χ1) is 6.45. The topological polar surface area (TPSA) is 20.2 Å². The van der Waals surface area contributed by atoms with E-state index in [1.165, 1.54) is 6.07 Å². The summed E-state index contributed by atoms with van der Waals surface area (Å²) in [4.78, 5) is 0. The van der Waals surface area contributed by atoms with Gasteiger partial charge in [-0.15, -0.1) is 0 Å². The fourth-order valence-electron chi connectivity index (χ4n) is 1.02. The van der Waals surface area contributed by atoms with Gasteiger partial charge in [-0.05, 0) is 17.7 Å². The van der Waals surface area contributed by atoms with E-state index < -0.39 is 24.5 Å². The summed E-state index contributed by atoms with van der Waals surface area (Å²) < 4.78 is 49.3. The van der Waals surface area contributed by atoms with Gasteiger partial charge in [-0.3, -0.25) is 0 Å². The lowest BCUT2D eigenvalue weighted by Gasteiger charge is -2.09. The van der Waals surface area contributed by atoms with Crippen LogP contribution in [0.15, 0.2) is 24.3 Å². The van der Waals surface area contributed by atoms with E-state index in [1.54, 1.807) is 0 Å². The summed E-state index contributed by atoms with van der Waals surface area (Å²) in [5.41, 5.74) is -1.08. The highest BCUT2D eigenvalue weighted by atomic mass is 19.4. The highest BCUT2D eigenvalue weighted by molar-refractivity contribution is 5.27. The van der Waals surface area contributed by atoms with Crippen molar-refractivity contribution in [2.24, 2.45) is 0 Å². The van der Waals surface area contributed by atoms with Crippen LogP contribution in [0.1, 0.15) is 17.3 Å². The Labute approximate surface area is 78.0 Å². The minimum absolute atomic E-state index is 0.165. The number of benzene rings is 1. The molecule has 1 atom stereocenters. The molecule has 0 saturated carbocycles. The van der Waals surface area contributed by atoms with Crippen LogP contribution in [0.25, 0.3) is 0 Å². The molecule has 78 valence electrons. The SMILES string of the molecule is OCC(F)c1cccc(C(F)(F)F)c1. The Kier molecular flexibility index (Phi) is 3.10. The van der Waals surface area contributed by atoms with Gasteiger partial charge in [0.25, 0.3) is 0 Å². The third kappa shape index (κ3) is 2.45. The molecule has 1 rings (SSSR count). The van der Waals surface area contributed by atoms with Crippen molar-refractivity contribution in [2.75, 3.05) is 6.61 Å². The Morgan fingerprint density at radius 3 is 2.43 bits per heavy atom. The number of hydrogen-bond acceptors (Lipinski definition) is 1. The van der Waals surface area contributed by atoms with Crippen molar-refractivity contribution in [3.63, 3.8) is 0 Å². The Bertz CT molecular complexity index is 308. The van der Waals surface area contributed by atoms with E-state index in [4.69, 9.17) is 5.11 Å². The fraction of sp³-hybridized carbons (Fsp3) is 0.333.